The third-order valence-corrected chi connectivity index (χ3v) is 3.69. The van der Waals surface area contributed by atoms with E-state index in [0.29, 0.717) is 0 Å². The Bertz CT molecular complexity index is 754. The Morgan fingerprint density at radius 3 is 2.61 bits per heavy atom. The minimum absolute atomic E-state index is 0.0980. The summed E-state index contributed by atoms with van der Waals surface area (Å²) in [6.45, 7) is 7.14. The van der Waals surface area contributed by atoms with Crippen LogP contribution >= 0.6 is 11.6 Å². The van der Waals surface area contributed by atoms with Crippen LogP contribution in [0.2, 0.25) is 5.15 Å². The predicted octanol–water partition coefficient (Wildman–Crippen LogP) is 4.10. The van der Waals surface area contributed by atoms with Crippen molar-refractivity contribution in [2.75, 3.05) is 0 Å². The third-order valence-electron chi connectivity index (χ3n) is 3.42. The summed E-state index contributed by atoms with van der Waals surface area (Å²) in [5.41, 5.74) is 0.387. The molecule has 0 bridgehead atoms. The number of halogens is 1. The fraction of sp³-hybridized carbons (Fsp3) is 0.333. The minimum atomic E-state index is -0.889. The minimum Gasteiger partial charge on any atom is -0.442 e. The number of imidazole rings is 1. The first-order valence-corrected chi connectivity index (χ1v) is 7.68. The number of ether oxygens (including phenoxy) is 1. The highest BCUT2D eigenvalue weighted by molar-refractivity contribution is 6.32. The third kappa shape index (κ3) is 3.94. The summed E-state index contributed by atoms with van der Waals surface area (Å²) < 4.78 is 7.19. The molecule has 23 heavy (non-hydrogen) atoms. The monoisotopic (exact) mass is 330 g/mol. The number of hydrogen-bond donors (Lipinski definition) is 0. The Morgan fingerprint density at radius 2 is 2.00 bits per heavy atom. The maximum Gasteiger partial charge on any atom is 0.359 e. The zero-order valence-electron chi connectivity index (χ0n) is 13.6. The Labute approximate surface area is 141 Å². The van der Waals surface area contributed by atoms with E-state index in [1.807, 2.05) is 37.3 Å². The van der Waals surface area contributed by atoms with Gasteiger partial charge in [0.2, 0.25) is 0 Å². The van der Waals surface area contributed by atoms with Crippen molar-refractivity contribution in [1.82, 2.24) is 9.55 Å². The topological polar surface area (TPSA) is 44.1 Å². The van der Waals surface area contributed by atoms with Gasteiger partial charge in [0, 0.05) is 0 Å². The van der Waals surface area contributed by atoms with E-state index >= 15 is 0 Å². The number of aromatic nitrogens is 2. The fourth-order valence-electron chi connectivity index (χ4n) is 2.32. The standard InChI is InChI=1S/C18H19ClN2O2/c1-5-11-18(3,4)23-17(22)15-16(19)20-12-21(15)13(2)14-9-7-6-8-10-14/h6-10,12-13H,1-4H3/t13-/m1/s1. The Balaban J connectivity index is 2.35. The smallest absolute Gasteiger partial charge is 0.359 e. The molecule has 5 heteroatoms. The fourth-order valence-corrected chi connectivity index (χ4v) is 2.54. The van der Waals surface area contributed by atoms with Gasteiger partial charge < -0.3 is 9.30 Å². The maximum absolute atomic E-state index is 12.5. The van der Waals surface area contributed by atoms with Crippen LogP contribution in [0.15, 0.2) is 36.7 Å². The van der Waals surface area contributed by atoms with E-state index in [9.17, 15) is 4.79 Å². The van der Waals surface area contributed by atoms with Crippen LogP contribution in [-0.4, -0.2) is 21.1 Å². The van der Waals surface area contributed by atoms with Gasteiger partial charge in [0.05, 0.1) is 12.4 Å². The second-order valence-electron chi connectivity index (χ2n) is 5.65. The van der Waals surface area contributed by atoms with Gasteiger partial charge in [0.15, 0.2) is 16.4 Å². The molecule has 0 N–H and O–H groups in total. The first-order chi connectivity index (χ1) is 10.9. The lowest BCUT2D eigenvalue weighted by molar-refractivity contribution is 0.0191. The van der Waals surface area contributed by atoms with Gasteiger partial charge in [-0.3, -0.25) is 0 Å². The van der Waals surface area contributed by atoms with Gasteiger partial charge in [-0.05, 0) is 33.3 Å². The number of carbonyl (C=O) groups excluding carboxylic acids is 1. The van der Waals surface area contributed by atoms with Crippen molar-refractivity contribution in [1.29, 1.82) is 0 Å². The van der Waals surface area contributed by atoms with Gasteiger partial charge in [-0.2, -0.15) is 0 Å². The van der Waals surface area contributed by atoms with Crippen LogP contribution in [0.4, 0.5) is 0 Å². The molecule has 0 spiro atoms. The molecule has 0 aliphatic carbocycles. The second kappa shape index (κ2) is 6.89. The molecule has 0 aliphatic rings. The lowest BCUT2D eigenvalue weighted by atomic mass is 10.1. The molecule has 2 rings (SSSR count). The molecule has 1 atom stereocenters. The van der Waals surface area contributed by atoms with Gasteiger partial charge in [0.25, 0.3) is 0 Å². The second-order valence-corrected chi connectivity index (χ2v) is 6.01. The average molecular weight is 331 g/mol. The summed E-state index contributed by atoms with van der Waals surface area (Å²) in [6.07, 6.45) is 1.55. The zero-order chi connectivity index (χ0) is 17.0. The molecule has 1 aromatic carbocycles. The Hall–Kier alpha value is -2.25. The quantitative estimate of drug-likeness (QED) is 0.626. The SMILES string of the molecule is CC#CC(C)(C)OC(=O)c1c(Cl)ncn1[C@H](C)c1ccccc1. The van der Waals surface area contributed by atoms with Crippen molar-refractivity contribution in [2.45, 2.75) is 39.3 Å². The van der Waals surface area contributed by atoms with Crippen LogP contribution in [0, 0.1) is 11.8 Å². The van der Waals surface area contributed by atoms with Crippen LogP contribution in [-0.2, 0) is 4.74 Å². The number of esters is 1. The van der Waals surface area contributed by atoms with Gasteiger partial charge in [-0.1, -0.05) is 47.9 Å². The molecule has 2 aromatic rings. The highest BCUT2D eigenvalue weighted by Crippen LogP contribution is 2.25. The van der Waals surface area contributed by atoms with E-state index in [0.717, 1.165) is 5.56 Å². The van der Waals surface area contributed by atoms with E-state index in [-0.39, 0.29) is 16.9 Å². The van der Waals surface area contributed by atoms with Crippen molar-refractivity contribution in [3.8, 4) is 11.8 Å². The van der Waals surface area contributed by atoms with E-state index in [2.05, 4.69) is 16.8 Å². The van der Waals surface area contributed by atoms with Crippen LogP contribution in [0.5, 0.6) is 0 Å². The maximum atomic E-state index is 12.5. The molecule has 1 aromatic heterocycles. The van der Waals surface area contributed by atoms with Crippen LogP contribution in [0.3, 0.4) is 0 Å². The van der Waals surface area contributed by atoms with Gasteiger partial charge in [-0.15, -0.1) is 5.92 Å². The van der Waals surface area contributed by atoms with Crippen LogP contribution in [0.25, 0.3) is 0 Å². The molecular weight excluding hydrogens is 312 g/mol. The summed E-state index contributed by atoms with van der Waals surface area (Å²) in [7, 11) is 0. The summed E-state index contributed by atoms with van der Waals surface area (Å²) in [6, 6.07) is 9.71. The van der Waals surface area contributed by atoms with E-state index in [4.69, 9.17) is 16.3 Å². The van der Waals surface area contributed by atoms with E-state index < -0.39 is 11.6 Å². The highest BCUT2D eigenvalue weighted by atomic mass is 35.5. The van der Waals surface area contributed by atoms with Crippen molar-refractivity contribution >= 4 is 17.6 Å². The Morgan fingerprint density at radius 1 is 1.35 bits per heavy atom. The van der Waals surface area contributed by atoms with Crippen molar-refractivity contribution in [3.05, 3.63) is 53.1 Å². The predicted molar refractivity (Wildman–Crippen MR) is 90.4 cm³/mol. The van der Waals surface area contributed by atoms with Gasteiger partial charge >= 0.3 is 5.97 Å². The van der Waals surface area contributed by atoms with Crippen molar-refractivity contribution in [3.63, 3.8) is 0 Å². The van der Waals surface area contributed by atoms with E-state index in [1.165, 1.54) is 0 Å². The molecule has 0 saturated carbocycles. The first-order valence-electron chi connectivity index (χ1n) is 7.30. The Kier molecular flexibility index (Phi) is 5.12. The first kappa shape index (κ1) is 17.1. The van der Waals surface area contributed by atoms with E-state index in [1.54, 1.807) is 31.7 Å². The molecule has 0 radical (unpaired) electrons. The molecule has 120 valence electrons. The van der Waals surface area contributed by atoms with Gasteiger partial charge in [0.1, 0.15) is 0 Å². The number of hydrogen-bond acceptors (Lipinski definition) is 3. The zero-order valence-corrected chi connectivity index (χ0v) is 14.4. The molecule has 0 amide bonds. The molecule has 0 unspecified atom stereocenters. The molecular formula is C18H19ClN2O2. The lowest BCUT2D eigenvalue weighted by Crippen LogP contribution is -2.28. The molecule has 0 fully saturated rings. The summed E-state index contributed by atoms with van der Waals surface area (Å²) >= 11 is 6.11. The van der Waals surface area contributed by atoms with Crippen molar-refractivity contribution < 1.29 is 9.53 Å². The number of carbonyl (C=O) groups is 1. The number of rotatable bonds is 4. The molecule has 0 aliphatic heterocycles. The van der Waals surface area contributed by atoms with Gasteiger partial charge in [-0.25, -0.2) is 9.78 Å². The normalized spacial score (nSPS) is 12.2. The number of nitrogens with zero attached hydrogens (tertiary/aromatic N) is 2. The summed E-state index contributed by atoms with van der Waals surface area (Å²) in [5.74, 6) is 5.06. The lowest BCUT2D eigenvalue weighted by Gasteiger charge is -2.21. The van der Waals surface area contributed by atoms with Crippen molar-refractivity contribution in [2.24, 2.45) is 0 Å². The average Bonchev–Trinajstić information content (AvgIpc) is 2.88. The van der Waals surface area contributed by atoms with Crippen LogP contribution in [0.1, 0.15) is 49.8 Å². The summed E-state index contributed by atoms with van der Waals surface area (Å²) in [5, 5.41) is 0.123. The van der Waals surface area contributed by atoms with Crippen LogP contribution < -0.4 is 0 Å². The largest absolute Gasteiger partial charge is 0.442 e. The molecule has 0 saturated heterocycles. The summed E-state index contributed by atoms with van der Waals surface area (Å²) in [4.78, 5) is 16.6. The molecule has 1 heterocycles. The molecule has 4 nitrogen and oxygen atoms in total. The highest BCUT2D eigenvalue weighted by Gasteiger charge is 2.27. The number of benzene rings is 1.